The first-order chi connectivity index (χ1) is 7.59. The molecule has 0 bridgehead atoms. The summed E-state index contributed by atoms with van der Waals surface area (Å²) in [5.41, 5.74) is 5.69. The molecule has 0 radical (unpaired) electrons. The fourth-order valence-electron chi connectivity index (χ4n) is 2.34. The molecule has 3 atom stereocenters. The van der Waals surface area contributed by atoms with E-state index in [2.05, 4.69) is 0 Å². The van der Waals surface area contributed by atoms with Crippen LogP contribution in [0.1, 0.15) is 12.5 Å². The van der Waals surface area contributed by atoms with Gasteiger partial charge in [0.05, 0.1) is 24.9 Å². The molecule has 3 nitrogen and oxygen atoms in total. The van der Waals surface area contributed by atoms with Gasteiger partial charge in [0, 0.05) is 11.5 Å². The number of benzene rings is 1. The number of aliphatic hydroxyl groups is 1. The molecule has 88 valence electrons. The van der Waals surface area contributed by atoms with Gasteiger partial charge >= 0.3 is 0 Å². The highest BCUT2D eigenvalue weighted by atomic mass is 19.1. The number of hydrogen-bond donors (Lipinski definition) is 2. The van der Waals surface area contributed by atoms with Gasteiger partial charge in [-0.3, -0.25) is 0 Å². The Bertz CT molecular complexity index is 385. The first kappa shape index (κ1) is 11.5. The zero-order chi connectivity index (χ0) is 11.8. The van der Waals surface area contributed by atoms with Gasteiger partial charge < -0.3 is 15.6 Å². The predicted molar refractivity (Wildman–Crippen MR) is 58.3 cm³/mol. The van der Waals surface area contributed by atoms with Crippen LogP contribution < -0.4 is 5.73 Å². The lowest BCUT2D eigenvalue weighted by Crippen LogP contribution is -2.47. The average Bonchev–Trinajstić information content (AvgIpc) is 2.56. The highest BCUT2D eigenvalue weighted by molar-refractivity contribution is 5.28. The van der Waals surface area contributed by atoms with Crippen LogP contribution in [0.3, 0.4) is 0 Å². The van der Waals surface area contributed by atoms with Crippen molar-refractivity contribution in [2.24, 2.45) is 11.7 Å². The maximum Gasteiger partial charge on any atom is 0.128 e. The monoisotopic (exact) mass is 225 g/mol. The first-order valence-corrected chi connectivity index (χ1v) is 5.36. The van der Waals surface area contributed by atoms with Crippen molar-refractivity contribution >= 4 is 0 Å². The highest BCUT2D eigenvalue weighted by Crippen LogP contribution is 2.37. The van der Waals surface area contributed by atoms with Crippen LogP contribution in [-0.4, -0.2) is 24.4 Å². The Kier molecular flexibility index (Phi) is 2.97. The lowest BCUT2D eigenvalue weighted by molar-refractivity contribution is 0.0861. The van der Waals surface area contributed by atoms with E-state index >= 15 is 0 Å². The summed E-state index contributed by atoms with van der Waals surface area (Å²) in [6.45, 7) is 1.97. The van der Waals surface area contributed by atoms with Crippen LogP contribution in [0, 0.1) is 11.7 Å². The van der Waals surface area contributed by atoms with Crippen molar-refractivity contribution in [1.29, 1.82) is 0 Å². The summed E-state index contributed by atoms with van der Waals surface area (Å²) in [4.78, 5) is 0. The van der Waals surface area contributed by atoms with Crippen molar-refractivity contribution < 1.29 is 14.2 Å². The third-order valence-corrected chi connectivity index (χ3v) is 3.39. The third-order valence-electron chi connectivity index (χ3n) is 3.39. The highest BCUT2D eigenvalue weighted by Gasteiger charge is 2.47. The molecule has 16 heavy (non-hydrogen) atoms. The molecule has 3 N–H and O–H groups in total. The Morgan fingerprint density at radius 3 is 2.88 bits per heavy atom. The zero-order valence-corrected chi connectivity index (χ0v) is 9.19. The molecule has 0 aliphatic carbocycles. The fourth-order valence-corrected chi connectivity index (χ4v) is 2.34. The molecule has 1 unspecified atom stereocenters. The van der Waals surface area contributed by atoms with Crippen molar-refractivity contribution in [3.8, 4) is 0 Å². The van der Waals surface area contributed by atoms with Crippen molar-refractivity contribution in [3.63, 3.8) is 0 Å². The third kappa shape index (κ3) is 1.63. The molecule has 4 heteroatoms. The molecule has 2 rings (SSSR count). The topological polar surface area (TPSA) is 55.5 Å². The molecule has 1 aliphatic rings. The smallest absolute Gasteiger partial charge is 0.128 e. The van der Waals surface area contributed by atoms with E-state index in [0.717, 1.165) is 0 Å². The first-order valence-electron chi connectivity index (χ1n) is 5.36. The second kappa shape index (κ2) is 4.13. The number of halogens is 1. The van der Waals surface area contributed by atoms with E-state index in [1.165, 1.54) is 6.07 Å². The van der Waals surface area contributed by atoms with Crippen LogP contribution in [-0.2, 0) is 10.3 Å². The van der Waals surface area contributed by atoms with Gasteiger partial charge in [0.1, 0.15) is 5.82 Å². The molecule has 1 fully saturated rings. The maximum absolute atomic E-state index is 13.7. The van der Waals surface area contributed by atoms with Crippen LogP contribution in [0.2, 0.25) is 0 Å². The van der Waals surface area contributed by atoms with Crippen LogP contribution in [0.4, 0.5) is 4.39 Å². The second-order valence-corrected chi connectivity index (χ2v) is 4.33. The molecule has 0 saturated carbocycles. The quantitative estimate of drug-likeness (QED) is 0.789. The normalized spacial score (nSPS) is 34.2. The van der Waals surface area contributed by atoms with Gasteiger partial charge in [-0.2, -0.15) is 0 Å². The van der Waals surface area contributed by atoms with Crippen LogP contribution >= 0.6 is 0 Å². The lowest BCUT2D eigenvalue weighted by atomic mass is 9.79. The zero-order valence-electron chi connectivity index (χ0n) is 9.19. The number of aliphatic hydroxyl groups excluding tert-OH is 1. The number of ether oxygens (including phenoxy) is 1. The standard InChI is InChI=1S/C12H16FNO2/c1-8-10(6-15)12(14,7-16-8)9-4-2-3-5-11(9)13/h2-5,8,10,15H,6-7,14H2,1H3/t8?,10-,12-/m1/s1. The van der Waals surface area contributed by atoms with Crippen molar-refractivity contribution in [2.75, 3.05) is 13.2 Å². The molecule has 0 spiro atoms. The Labute approximate surface area is 94.0 Å². The molecule has 1 heterocycles. The minimum atomic E-state index is -0.931. The van der Waals surface area contributed by atoms with E-state index in [0.29, 0.717) is 5.56 Å². The molecule has 1 aromatic rings. The van der Waals surface area contributed by atoms with Gasteiger partial charge in [-0.1, -0.05) is 18.2 Å². The molecule has 0 amide bonds. The minimum Gasteiger partial charge on any atom is -0.396 e. The molecule has 0 aromatic heterocycles. The van der Waals surface area contributed by atoms with Gasteiger partial charge in [-0.05, 0) is 13.0 Å². The summed E-state index contributed by atoms with van der Waals surface area (Å²) in [7, 11) is 0. The van der Waals surface area contributed by atoms with Crippen molar-refractivity contribution in [1.82, 2.24) is 0 Å². The average molecular weight is 225 g/mol. The summed E-state index contributed by atoms with van der Waals surface area (Å²) in [5, 5.41) is 9.34. The Morgan fingerprint density at radius 2 is 2.25 bits per heavy atom. The summed E-state index contributed by atoms with van der Waals surface area (Å²) in [6.07, 6.45) is -0.158. The summed E-state index contributed by atoms with van der Waals surface area (Å²) in [6, 6.07) is 6.39. The van der Waals surface area contributed by atoms with E-state index in [1.54, 1.807) is 18.2 Å². The number of rotatable bonds is 2. The van der Waals surface area contributed by atoms with Crippen LogP contribution in [0.15, 0.2) is 24.3 Å². The molecule has 1 saturated heterocycles. The number of hydrogen-bond acceptors (Lipinski definition) is 3. The molecular weight excluding hydrogens is 209 g/mol. The van der Waals surface area contributed by atoms with E-state index < -0.39 is 5.54 Å². The summed E-state index contributed by atoms with van der Waals surface area (Å²) in [5.74, 6) is -0.620. The lowest BCUT2D eigenvalue weighted by Gasteiger charge is -2.30. The molecule has 1 aliphatic heterocycles. The van der Waals surface area contributed by atoms with Gasteiger partial charge in [0.2, 0.25) is 0 Å². The van der Waals surface area contributed by atoms with E-state index in [9.17, 15) is 9.50 Å². The maximum atomic E-state index is 13.7. The summed E-state index contributed by atoms with van der Waals surface area (Å²) < 4.78 is 19.1. The predicted octanol–water partition coefficient (Wildman–Crippen LogP) is 1.01. The van der Waals surface area contributed by atoms with E-state index in [-0.39, 0.29) is 31.1 Å². The van der Waals surface area contributed by atoms with E-state index in [4.69, 9.17) is 10.5 Å². The fraction of sp³-hybridized carbons (Fsp3) is 0.500. The Morgan fingerprint density at radius 1 is 1.56 bits per heavy atom. The largest absolute Gasteiger partial charge is 0.396 e. The Hall–Kier alpha value is -0.970. The molecule has 1 aromatic carbocycles. The Balaban J connectivity index is 2.42. The van der Waals surface area contributed by atoms with Gasteiger partial charge in [0.15, 0.2) is 0 Å². The van der Waals surface area contributed by atoms with Crippen LogP contribution in [0.5, 0.6) is 0 Å². The van der Waals surface area contributed by atoms with Crippen molar-refractivity contribution in [3.05, 3.63) is 35.6 Å². The molecular formula is C12H16FNO2. The van der Waals surface area contributed by atoms with Gasteiger partial charge in [0.25, 0.3) is 0 Å². The summed E-state index contributed by atoms with van der Waals surface area (Å²) >= 11 is 0. The second-order valence-electron chi connectivity index (χ2n) is 4.33. The number of nitrogens with two attached hydrogens (primary N) is 1. The van der Waals surface area contributed by atoms with Gasteiger partial charge in [-0.15, -0.1) is 0 Å². The minimum absolute atomic E-state index is 0.105. The van der Waals surface area contributed by atoms with E-state index in [1.807, 2.05) is 6.92 Å². The van der Waals surface area contributed by atoms with Crippen molar-refractivity contribution in [2.45, 2.75) is 18.6 Å². The van der Waals surface area contributed by atoms with Gasteiger partial charge in [-0.25, -0.2) is 4.39 Å². The SMILES string of the molecule is CC1OC[C@@](N)(c2ccccc2F)[C@@H]1CO. The van der Waals surface area contributed by atoms with Crippen LogP contribution in [0.25, 0.3) is 0 Å².